The smallest absolute Gasteiger partial charge is 0.278 e. The van der Waals surface area contributed by atoms with Crippen LogP contribution in [0.25, 0.3) is 0 Å². The molecular formula is C17H13N3O4. The molecular weight excluding hydrogens is 310 g/mol. The van der Waals surface area contributed by atoms with Gasteiger partial charge in [-0.05, 0) is 36.4 Å². The fourth-order valence-electron chi connectivity index (χ4n) is 2.92. The first-order valence-corrected chi connectivity index (χ1v) is 7.36. The van der Waals surface area contributed by atoms with Gasteiger partial charge in [0.25, 0.3) is 5.91 Å². The van der Waals surface area contributed by atoms with Crippen molar-refractivity contribution in [2.45, 2.75) is 6.10 Å². The van der Waals surface area contributed by atoms with Crippen LogP contribution in [0, 0.1) is 5.92 Å². The number of carbonyl (C=O) groups is 2. The molecule has 2 atom stereocenters. The van der Waals surface area contributed by atoms with Crippen molar-refractivity contribution in [2.75, 3.05) is 12.0 Å². The van der Waals surface area contributed by atoms with Crippen LogP contribution < -0.4 is 9.64 Å². The number of fused-ring (bicyclic) bond motifs is 1. The summed E-state index contributed by atoms with van der Waals surface area (Å²) in [5.41, 5.74) is 1.58. The van der Waals surface area contributed by atoms with Crippen molar-refractivity contribution in [3.05, 3.63) is 54.4 Å². The minimum atomic E-state index is -0.921. The predicted molar refractivity (Wildman–Crippen MR) is 84.6 cm³/mol. The molecule has 2 aliphatic rings. The molecule has 0 spiro atoms. The lowest BCUT2D eigenvalue weighted by Gasteiger charge is -2.15. The minimum Gasteiger partial charge on any atom is -0.497 e. The summed E-state index contributed by atoms with van der Waals surface area (Å²) in [7, 11) is 1.55. The topological polar surface area (TPSA) is 81.1 Å². The summed E-state index contributed by atoms with van der Waals surface area (Å²) >= 11 is 0. The number of hydrogen-bond acceptors (Lipinski definition) is 6. The van der Waals surface area contributed by atoms with Gasteiger partial charge in [-0.1, -0.05) is 5.16 Å². The summed E-state index contributed by atoms with van der Waals surface area (Å²) in [5.74, 6) is -0.872. The van der Waals surface area contributed by atoms with Gasteiger partial charge in [-0.25, -0.2) is 4.90 Å². The van der Waals surface area contributed by atoms with Crippen LogP contribution in [0.2, 0.25) is 0 Å². The molecule has 2 aliphatic heterocycles. The third-order valence-corrected chi connectivity index (χ3v) is 4.10. The Morgan fingerprint density at radius 3 is 2.58 bits per heavy atom. The highest BCUT2D eigenvalue weighted by molar-refractivity contribution is 6.32. The summed E-state index contributed by atoms with van der Waals surface area (Å²) in [6.45, 7) is 0. The van der Waals surface area contributed by atoms with Crippen LogP contribution in [-0.2, 0) is 14.4 Å². The van der Waals surface area contributed by atoms with E-state index in [1.165, 1.54) is 0 Å². The highest BCUT2D eigenvalue weighted by Crippen LogP contribution is 2.35. The SMILES string of the molecule is COc1ccc(N2C(=O)[C@H]3C(c4cccnc4)=NO[C@H]3C2=O)cc1. The molecule has 1 saturated heterocycles. The maximum atomic E-state index is 12.8. The third kappa shape index (κ3) is 2.05. The monoisotopic (exact) mass is 323 g/mol. The summed E-state index contributed by atoms with van der Waals surface area (Å²) in [6.07, 6.45) is 2.30. The number of carbonyl (C=O) groups excluding carboxylic acids is 2. The lowest BCUT2D eigenvalue weighted by Crippen LogP contribution is -2.33. The van der Waals surface area contributed by atoms with Gasteiger partial charge in [0, 0.05) is 18.0 Å². The van der Waals surface area contributed by atoms with Crippen molar-refractivity contribution >= 4 is 23.2 Å². The number of amides is 2. The molecule has 7 heteroatoms. The molecule has 24 heavy (non-hydrogen) atoms. The maximum Gasteiger partial charge on any atom is 0.278 e. The van der Waals surface area contributed by atoms with Gasteiger partial charge in [0.05, 0.1) is 12.8 Å². The largest absolute Gasteiger partial charge is 0.497 e. The van der Waals surface area contributed by atoms with Crippen molar-refractivity contribution in [3.63, 3.8) is 0 Å². The average molecular weight is 323 g/mol. The number of pyridine rings is 1. The van der Waals surface area contributed by atoms with E-state index in [9.17, 15) is 9.59 Å². The molecule has 4 rings (SSSR count). The standard InChI is InChI=1S/C17H13N3O4/c1-23-12-6-4-11(5-7-12)20-16(21)13-14(10-3-2-8-18-9-10)19-24-15(13)17(20)22/h2-9,13,15H,1H3/t13-,15+/m0/s1. The molecule has 1 aromatic heterocycles. The Hall–Kier alpha value is -3.22. The van der Waals surface area contributed by atoms with Gasteiger partial charge in [-0.2, -0.15) is 0 Å². The minimum absolute atomic E-state index is 0.352. The molecule has 0 saturated carbocycles. The van der Waals surface area contributed by atoms with Gasteiger partial charge in [-0.15, -0.1) is 0 Å². The van der Waals surface area contributed by atoms with Crippen molar-refractivity contribution in [1.29, 1.82) is 0 Å². The predicted octanol–water partition coefficient (Wildman–Crippen LogP) is 1.38. The Labute approximate surface area is 137 Å². The van der Waals surface area contributed by atoms with E-state index < -0.39 is 17.9 Å². The number of aromatic nitrogens is 1. The molecule has 2 amide bonds. The lowest BCUT2D eigenvalue weighted by molar-refractivity contribution is -0.126. The van der Waals surface area contributed by atoms with E-state index in [0.29, 0.717) is 22.7 Å². The highest BCUT2D eigenvalue weighted by atomic mass is 16.6. The average Bonchev–Trinajstić information content (AvgIpc) is 3.17. The van der Waals surface area contributed by atoms with Crippen LogP contribution in [0.4, 0.5) is 5.69 Å². The van der Waals surface area contributed by atoms with Crippen molar-refractivity contribution in [3.8, 4) is 5.75 Å². The van der Waals surface area contributed by atoms with Gasteiger partial charge in [0.15, 0.2) is 0 Å². The number of nitrogens with zero attached hydrogens (tertiary/aromatic N) is 3. The highest BCUT2D eigenvalue weighted by Gasteiger charge is 2.56. The second kappa shape index (κ2) is 5.45. The van der Waals surface area contributed by atoms with E-state index in [2.05, 4.69) is 10.1 Å². The molecule has 0 bridgehead atoms. The maximum absolute atomic E-state index is 12.8. The van der Waals surface area contributed by atoms with Crippen LogP contribution in [0.1, 0.15) is 5.56 Å². The Morgan fingerprint density at radius 1 is 1.12 bits per heavy atom. The number of hydrogen-bond donors (Lipinski definition) is 0. The molecule has 0 radical (unpaired) electrons. The van der Waals surface area contributed by atoms with Gasteiger partial charge < -0.3 is 9.57 Å². The van der Waals surface area contributed by atoms with Crippen molar-refractivity contribution in [2.24, 2.45) is 11.1 Å². The van der Waals surface area contributed by atoms with Gasteiger partial charge in [0.1, 0.15) is 17.4 Å². The van der Waals surface area contributed by atoms with Crippen molar-refractivity contribution in [1.82, 2.24) is 4.98 Å². The molecule has 120 valence electrons. The van der Waals surface area contributed by atoms with E-state index in [1.807, 2.05) is 0 Å². The molecule has 7 nitrogen and oxygen atoms in total. The summed E-state index contributed by atoms with van der Waals surface area (Å²) < 4.78 is 5.10. The molecule has 0 unspecified atom stereocenters. The number of ether oxygens (including phenoxy) is 1. The zero-order valence-corrected chi connectivity index (χ0v) is 12.7. The normalized spacial score (nSPS) is 22.2. The van der Waals surface area contributed by atoms with Gasteiger partial charge in [-0.3, -0.25) is 14.6 Å². The molecule has 2 aromatic rings. The Balaban J connectivity index is 1.68. The van der Waals surface area contributed by atoms with E-state index >= 15 is 0 Å². The Morgan fingerprint density at radius 2 is 1.92 bits per heavy atom. The fraction of sp³-hybridized carbons (Fsp3) is 0.176. The first-order valence-electron chi connectivity index (χ1n) is 7.36. The number of methoxy groups -OCH3 is 1. The van der Waals surface area contributed by atoms with Crippen LogP contribution in [0.15, 0.2) is 53.9 Å². The fourth-order valence-corrected chi connectivity index (χ4v) is 2.92. The number of imide groups is 1. The first kappa shape index (κ1) is 14.4. The zero-order chi connectivity index (χ0) is 16.7. The Bertz CT molecular complexity index is 833. The van der Waals surface area contributed by atoms with Crippen LogP contribution in [-0.4, -0.2) is 35.7 Å². The Kier molecular flexibility index (Phi) is 3.26. The molecule has 1 fully saturated rings. The molecule has 3 heterocycles. The second-order valence-corrected chi connectivity index (χ2v) is 5.43. The molecule has 1 aromatic carbocycles. The van der Waals surface area contributed by atoms with Crippen LogP contribution in [0.3, 0.4) is 0 Å². The number of rotatable bonds is 3. The lowest BCUT2D eigenvalue weighted by atomic mass is 9.95. The molecule has 0 N–H and O–H groups in total. The third-order valence-electron chi connectivity index (χ3n) is 4.10. The molecule has 0 aliphatic carbocycles. The summed E-state index contributed by atoms with van der Waals surface area (Å²) in [6, 6.07) is 10.2. The van der Waals surface area contributed by atoms with E-state index in [0.717, 1.165) is 4.90 Å². The first-order chi connectivity index (χ1) is 11.7. The van der Waals surface area contributed by atoms with Gasteiger partial charge in [0.2, 0.25) is 12.0 Å². The second-order valence-electron chi connectivity index (χ2n) is 5.43. The quantitative estimate of drug-likeness (QED) is 0.797. The number of anilines is 1. The van der Waals surface area contributed by atoms with Crippen LogP contribution in [0.5, 0.6) is 5.75 Å². The van der Waals surface area contributed by atoms with Crippen molar-refractivity contribution < 1.29 is 19.2 Å². The number of oxime groups is 1. The summed E-state index contributed by atoms with van der Waals surface area (Å²) in [5, 5.41) is 3.94. The van der Waals surface area contributed by atoms with Gasteiger partial charge >= 0.3 is 0 Å². The zero-order valence-electron chi connectivity index (χ0n) is 12.7. The van der Waals surface area contributed by atoms with E-state index in [4.69, 9.17) is 9.57 Å². The number of benzene rings is 1. The van der Waals surface area contributed by atoms with E-state index in [-0.39, 0.29) is 5.91 Å². The summed E-state index contributed by atoms with van der Waals surface area (Å²) in [4.78, 5) is 35.8. The van der Waals surface area contributed by atoms with E-state index in [1.54, 1.807) is 55.9 Å². The van der Waals surface area contributed by atoms with Crippen LogP contribution >= 0.6 is 0 Å².